The minimum Gasteiger partial charge on any atom is -0.258 e. The van der Waals surface area contributed by atoms with Crippen LogP contribution in [0, 0.1) is 21.8 Å². The van der Waals surface area contributed by atoms with Crippen molar-refractivity contribution in [2.24, 2.45) is 5.92 Å². The summed E-state index contributed by atoms with van der Waals surface area (Å²) in [5, 5.41) is 10.9. The summed E-state index contributed by atoms with van der Waals surface area (Å²) in [6, 6.07) is 3.12. The van der Waals surface area contributed by atoms with Crippen LogP contribution in [0.3, 0.4) is 0 Å². The van der Waals surface area contributed by atoms with E-state index in [1.807, 2.05) is 0 Å². The van der Waals surface area contributed by atoms with Crippen molar-refractivity contribution in [3.05, 3.63) is 34.1 Å². The fourth-order valence-corrected chi connectivity index (χ4v) is 4.11. The first-order valence-electron chi connectivity index (χ1n) is 6.73. The van der Waals surface area contributed by atoms with Gasteiger partial charge in [0.1, 0.15) is 0 Å². The van der Waals surface area contributed by atoms with E-state index in [0.717, 1.165) is 42.1 Å². The lowest BCUT2D eigenvalue weighted by Crippen LogP contribution is -2.31. The molecule has 116 valence electrons. The lowest BCUT2D eigenvalue weighted by atomic mass is 10.1. The zero-order chi connectivity index (χ0) is 15.6. The lowest BCUT2D eigenvalue weighted by Gasteiger charge is -2.20. The topological polar surface area (TPSA) is 80.5 Å². The number of nitrogens with zero attached hydrogens (tertiary/aromatic N) is 2. The fourth-order valence-electron chi connectivity index (χ4n) is 2.70. The predicted octanol–water partition coefficient (Wildman–Crippen LogP) is 2.54. The van der Waals surface area contributed by atoms with Gasteiger partial charge in [-0.25, -0.2) is 12.7 Å². The van der Waals surface area contributed by atoms with E-state index < -0.39 is 31.3 Å². The maximum Gasteiger partial charge on any atom is 0.324 e. The molecule has 1 saturated carbocycles. The number of para-hydroxylation sites is 1. The Balaban J connectivity index is 2.34. The number of hydrogen-bond acceptors (Lipinski definition) is 4. The Kier molecular flexibility index (Phi) is 4.58. The number of hydrogen-bond donors (Lipinski definition) is 0. The van der Waals surface area contributed by atoms with Gasteiger partial charge >= 0.3 is 5.69 Å². The fraction of sp³-hybridized carbons (Fsp3) is 0.538. The Morgan fingerprint density at radius 2 is 2.00 bits per heavy atom. The zero-order valence-corrected chi connectivity index (χ0v) is 12.5. The molecule has 0 atom stereocenters. The standard InChI is InChI=1S/C13H17FN2O4S/c1-15(9-10-5-2-3-6-10)21(19,20)12-8-4-7-11(14)13(12)16(17)18/h4,7-8,10H,2-3,5-6,9H2,1H3. The van der Waals surface area contributed by atoms with Crippen molar-refractivity contribution in [1.82, 2.24) is 4.31 Å². The lowest BCUT2D eigenvalue weighted by molar-refractivity contribution is -0.390. The molecule has 8 heteroatoms. The third-order valence-electron chi connectivity index (χ3n) is 3.81. The Labute approximate surface area is 122 Å². The average Bonchev–Trinajstić information content (AvgIpc) is 2.90. The van der Waals surface area contributed by atoms with Crippen LogP contribution in [0.25, 0.3) is 0 Å². The van der Waals surface area contributed by atoms with E-state index in [0.29, 0.717) is 6.54 Å². The van der Waals surface area contributed by atoms with Gasteiger partial charge in [0.2, 0.25) is 15.8 Å². The summed E-state index contributed by atoms with van der Waals surface area (Å²) >= 11 is 0. The Morgan fingerprint density at radius 1 is 1.38 bits per heavy atom. The van der Waals surface area contributed by atoms with Crippen LogP contribution in [0.4, 0.5) is 10.1 Å². The third-order valence-corrected chi connectivity index (χ3v) is 5.67. The van der Waals surface area contributed by atoms with Crippen molar-refractivity contribution in [2.45, 2.75) is 30.6 Å². The highest BCUT2D eigenvalue weighted by Crippen LogP contribution is 2.31. The summed E-state index contributed by atoms with van der Waals surface area (Å²) in [6.07, 6.45) is 4.04. The molecule has 0 N–H and O–H groups in total. The van der Waals surface area contributed by atoms with E-state index in [1.54, 1.807) is 0 Å². The molecule has 0 saturated heterocycles. The Morgan fingerprint density at radius 3 is 2.57 bits per heavy atom. The van der Waals surface area contributed by atoms with Gasteiger partial charge in [-0.3, -0.25) is 10.1 Å². The van der Waals surface area contributed by atoms with Crippen LogP contribution in [0.5, 0.6) is 0 Å². The molecular formula is C13H17FN2O4S. The molecule has 0 amide bonds. The maximum absolute atomic E-state index is 13.6. The van der Waals surface area contributed by atoms with Crippen molar-refractivity contribution >= 4 is 15.7 Å². The quantitative estimate of drug-likeness (QED) is 0.617. The second-order valence-corrected chi connectivity index (χ2v) is 7.29. The summed E-state index contributed by atoms with van der Waals surface area (Å²) in [5.74, 6) is -0.882. The van der Waals surface area contributed by atoms with Gasteiger partial charge in [0.25, 0.3) is 0 Å². The van der Waals surface area contributed by atoms with Crippen LogP contribution >= 0.6 is 0 Å². The van der Waals surface area contributed by atoms with Crippen LogP contribution in [0.15, 0.2) is 23.1 Å². The number of sulfonamides is 1. The smallest absolute Gasteiger partial charge is 0.258 e. The first kappa shape index (κ1) is 15.8. The molecule has 0 spiro atoms. The molecule has 1 fully saturated rings. The van der Waals surface area contributed by atoms with Crippen LogP contribution in [0.2, 0.25) is 0 Å². The third kappa shape index (κ3) is 3.21. The number of benzene rings is 1. The second-order valence-electron chi connectivity index (χ2n) is 5.28. The summed E-state index contributed by atoms with van der Waals surface area (Å²) in [4.78, 5) is 9.35. The maximum atomic E-state index is 13.6. The van der Waals surface area contributed by atoms with Gasteiger partial charge in [-0.1, -0.05) is 18.9 Å². The molecule has 0 aromatic heterocycles. The first-order chi connectivity index (χ1) is 9.84. The minimum absolute atomic E-state index is 0.261. The van der Waals surface area contributed by atoms with E-state index >= 15 is 0 Å². The minimum atomic E-state index is -4.07. The molecule has 0 heterocycles. The van der Waals surface area contributed by atoms with E-state index in [1.165, 1.54) is 13.1 Å². The molecule has 6 nitrogen and oxygen atoms in total. The molecule has 1 aromatic rings. The van der Waals surface area contributed by atoms with E-state index in [9.17, 15) is 22.9 Å². The molecule has 1 aromatic carbocycles. The molecule has 0 bridgehead atoms. The van der Waals surface area contributed by atoms with Gasteiger partial charge in [0, 0.05) is 13.6 Å². The molecule has 21 heavy (non-hydrogen) atoms. The highest BCUT2D eigenvalue weighted by atomic mass is 32.2. The highest BCUT2D eigenvalue weighted by Gasteiger charge is 2.33. The average molecular weight is 316 g/mol. The van der Waals surface area contributed by atoms with E-state index in [4.69, 9.17) is 0 Å². The number of nitro groups is 1. The monoisotopic (exact) mass is 316 g/mol. The summed E-state index contributed by atoms with van der Waals surface area (Å²) in [5.41, 5.74) is -0.990. The van der Waals surface area contributed by atoms with Gasteiger partial charge in [0.05, 0.1) is 4.92 Å². The molecule has 0 radical (unpaired) electrons. The van der Waals surface area contributed by atoms with Gasteiger partial charge < -0.3 is 0 Å². The van der Waals surface area contributed by atoms with Crippen LogP contribution < -0.4 is 0 Å². The molecule has 2 rings (SSSR count). The van der Waals surface area contributed by atoms with Gasteiger partial charge in [0.15, 0.2) is 4.90 Å². The number of halogens is 1. The highest BCUT2D eigenvalue weighted by molar-refractivity contribution is 7.89. The zero-order valence-electron chi connectivity index (χ0n) is 11.7. The number of nitro benzene ring substituents is 1. The van der Waals surface area contributed by atoms with Crippen LogP contribution in [-0.4, -0.2) is 31.2 Å². The van der Waals surface area contributed by atoms with Crippen molar-refractivity contribution in [2.75, 3.05) is 13.6 Å². The summed E-state index contributed by atoms with van der Waals surface area (Å²) in [6.45, 7) is 0.302. The van der Waals surface area contributed by atoms with Crippen LogP contribution in [0.1, 0.15) is 25.7 Å². The Bertz CT molecular complexity index is 642. The largest absolute Gasteiger partial charge is 0.324 e. The van der Waals surface area contributed by atoms with Crippen LogP contribution in [-0.2, 0) is 10.0 Å². The van der Waals surface area contributed by atoms with Crippen molar-refractivity contribution in [3.63, 3.8) is 0 Å². The molecule has 0 aliphatic heterocycles. The van der Waals surface area contributed by atoms with E-state index in [-0.39, 0.29) is 5.92 Å². The molecule has 0 unspecified atom stereocenters. The predicted molar refractivity (Wildman–Crippen MR) is 74.8 cm³/mol. The summed E-state index contributed by atoms with van der Waals surface area (Å²) in [7, 11) is -2.70. The Hall–Kier alpha value is -1.54. The van der Waals surface area contributed by atoms with Gasteiger partial charge in [-0.2, -0.15) is 4.39 Å². The first-order valence-corrected chi connectivity index (χ1v) is 8.17. The van der Waals surface area contributed by atoms with Gasteiger partial charge in [-0.05, 0) is 30.9 Å². The van der Waals surface area contributed by atoms with Crippen molar-refractivity contribution in [3.8, 4) is 0 Å². The SMILES string of the molecule is CN(CC1CCCC1)S(=O)(=O)c1cccc(F)c1[N+](=O)[O-]. The normalized spacial score (nSPS) is 16.5. The van der Waals surface area contributed by atoms with E-state index in [2.05, 4.69) is 0 Å². The summed E-state index contributed by atoms with van der Waals surface area (Å²) < 4.78 is 39.6. The molecular weight excluding hydrogens is 299 g/mol. The van der Waals surface area contributed by atoms with Crippen molar-refractivity contribution < 1.29 is 17.7 Å². The van der Waals surface area contributed by atoms with Crippen molar-refractivity contribution in [1.29, 1.82) is 0 Å². The second kappa shape index (κ2) is 6.07. The molecule has 1 aliphatic rings. The molecule has 1 aliphatic carbocycles. The number of rotatable bonds is 5. The van der Waals surface area contributed by atoms with Gasteiger partial charge in [-0.15, -0.1) is 0 Å².